The van der Waals surface area contributed by atoms with Crippen LogP contribution in [0, 0.1) is 0 Å². The zero-order valence-corrected chi connectivity index (χ0v) is 5.76. The monoisotopic (exact) mass is 150 g/mol. The lowest BCUT2D eigenvalue weighted by Gasteiger charge is -2.05. The predicted octanol–water partition coefficient (Wildman–Crippen LogP) is -0.361. The van der Waals surface area contributed by atoms with Crippen molar-refractivity contribution in [2.24, 2.45) is 5.73 Å². The van der Waals surface area contributed by atoms with Crippen molar-refractivity contribution >= 4 is 6.09 Å². The molecule has 0 spiro atoms. The largest absolute Gasteiger partial charge is 0.446 e. The standard InChI is InChI=1S/C5H11FN2O2/c1-8-5(9)10-3-4(6)2-7/h4H,2-3,7H2,1H3,(H,8,9)/t4-/m1/s1. The van der Waals surface area contributed by atoms with Crippen LogP contribution in [0.3, 0.4) is 0 Å². The lowest BCUT2D eigenvalue weighted by molar-refractivity contribution is 0.116. The fourth-order valence-corrected chi connectivity index (χ4v) is 0.306. The van der Waals surface area contributed by atoms with E-state index in [0.717, 1.165) is 0 Å². The minimum absolute atomic E-state index is 0.128. The van der Waals surface area contributed by atoms with Crippen molar-refractivity contribution in [1.82, 2.24) is 5.32 Å². The number of alkyl halides is 1. The molecule has 1 atom stereocenters. The number of carbonyl (C=O) groups excluding carboxylic acids is 1. The van der Waals surface area contributed by atoms with Gasteiger partial charge in [-0.25, -0.2) is 9.18 Å². The first kappa shape index (κ1) is 9.16. The van der Waals surface area contributed by atoms with Crippen LogP contribution in [-0.2, 0) is 4.74 Å². The summed E-state index contributed by atoms with van der Waals surface area (Å²) in [5, 5.41) is 2.18. The van der Waals surface area contributed by atoms with Gasteiger partial charge in [0.15, 0.2) is 0 Å². The molecule has 0 aliphatic carbocycles. The van der Waals surface area contributed by atoms with Crippen LogP contribution >= 0.6 is 0 Å². The van der Waals surface area contributed by atoms with Crippen molar-refractivity contribution in [3.63, 3.8) is 0 Å². The molecule has 0 aromatic heterocycles. The number of amides is 1. The van der Waals surface area contributed by atoms with Crippen LogP contribution in [-0.4, -0.2) is 32.5 Å². The number of hydrogen-bond acceptors (Lipinski definition) is 3. The van der Waals surface area contributed by atoms with E-state index in [2.05, 4.69) is 10.1 Å². The molecule has 0 unspecified atom stereocenters. The molecule has 0 aliphatic rings. The van der Waals surface area contributed by atoms with E-state index in [9.17, 15) is 9.18 Å². The summed E-state index contributed by atoms with van der Waals surface area (Å²) in [7, 11) is 1.40. The summed E-state index contributed by atoms with van der Waals surface area (Å²) in [5.41, 5.74) is 4.91. The first-order valence-electron chi connectivity index (χ1n) is 2.89. The van der Waals surface area contributed by atoms with E-state index in [4.69, 9.17) is 5.73 Å². The van der Waals surface area contributed by atoms with E-state index in [1.165, 1.54) is 7.05 Å². The molecule has 5 heteroatoms. The highest BCUT2D eigenvalue weighted by atomic mass is 19.1. The van der Waals surface area contributed by atoms with Gasteiger partial charge in [0.2, 0.25) is 0 Å². The minimum Gasteiger partial charge on any atom is -0.446 e. The van der Waals surface area contributed by atoms with Crippen molar-refractivity contribution in [2.45, 2.75) is 6.17 Å². The molecule has 0 saturated heterocycles. The third-order valence-corrected chi connectivity index (χ3v) is 0.855. The normalized spacial score (nSPS) is 12.3. The molecule has 0 radical (unpaired) electrons. The molecule has 0 bridgehead atoms. The van der Waals surface area contributed by atoms with Crippen LogP contribution in [0.25, 0.3) is 0 Å². The average Bonchev–Trinajstić information content (AvgIpc) is 1.99. The molecule has 0 heterocycles. The van der Waals surface area contributed by atoms with Gasteiger partial charge in [-0.1, -0.05) is 0 Å². The molecule has 0 saturated carbocycles. The van der Waals surface area contributed by atoms with Gasteiger partial charge in [0.25, 0.3) is 0 Å². The molecule has 3 N–H and O–H groups in total. The Bertz CT molecular complexity index is 110. The van der Waals surface area contributed by atoms with E-state index >= 15 is 0 Å². The summed E-state index contributed by atoms with van der Waals surface area (Å²) in [6.45, 7) is -0.410. The maximum absolute atomic E-state index is 12.2. The van der Waals surface area contributed by atoms with E-state index < -0.39 is 12.3 Å². The smallest absolute Gasteiger partial charge is 0.406 e. The van der Waals surface area contributed by atoms with Crippen molar-refractivity contribution in [3.8, 4) is 0 Å². The van der Waals surface area contributed by atoms with Gasteiger partial charge in [0.1, 0.15) is 12.8 Å². The van der Waals surface area contributed by atoms with Gasteiger partial charge in [-0.15, -0.1) is 0 Å². The number of halogens is 1. The van der Waals surface area contributed by atoms with Gasteiger partial charge in [-0.3, -0.25) is 0 Å². The number of nitrogens with two attached hydrogens (primary N) is 1. The second-order valence-corrected chi connectivity index (χ2v) is 1.68. The Morgan fingerprint density at radius 1 is 1.90 bits per heavy atom. The van der Waals surface area contributed by atoms with Crippen LogP contribution in [0.5, 0.6) is 0 Å². The molecule has 4 nitrogen and oxygen atoms in total. The number of nitrogens with one attached hydrogen (secondary N) is 1. The van der Waals surface area contributed by atoms with E-state index in [1.54, 1.807) is 0 Å². The molecule has 0 fully saturated rings. The van der Waals surface area contributed by atoms with E-state index in [1.807, 2.05) is 0 Å². The second kappa shape index (κ2) is 4.99. The maximum atomic E-state index is 12.2. The molecule has 0 aliphatic heterocycles. The number of alkyl carbamates (subject to hydrolysis) is 1. The zero-order chi connectivity index (χ0) is 7.98. The number of ether oxygens (including phenoxy) is 1. The lowest BCUT2D eigenvalue weighted by Crippen LogP contribution is -2.27. The van der Waals surface area contributed by atoms with Gasteiger partial charge >= 0.3 is 6.09 Å². The molecule has 0 aromatic carbocycles. The molecule has 0 rings (SSSR count). The Morgan fingerprint density at radius 2 is 2.50 bits per heavy atom. The summed E-state index contributed by atoms with van der Waals surface area (Å²) < 4.78 is 16.5. The molecule has 10 heavy (non-hydrogen) atoms. The van der Waals surface area contributed by atoms with Crippen LogP contribution in [0.4, 0.5) is 9.18 Å². The Balaban J connectivity index is 3.26. The Labute approximate surface area is 58.5 Å². The van der Waals surface area contributed by atoms with E-state index in [0.29, 0.717) is 0 Å². The second-order valence-electron chi connectivity index (χ2n) is 1.68. The van der Waals surface area contributed by atoms with Crippen LogP contribution in [0.1, 0.15) is 0 Å². The fraction of sp³-hybridized carbons (Fsp3) is 0.800. The van der Waals surface area contributed by atoms with Gasteiger partial charge in [-0.05, 0) is 0 Å². The summed E-state index contributed by atoms with van der Waals surface area (Å²) >= 11 is 0. The van der Waals surface area contributed by atoms with Crippen LogP contribution < -0.4 is 11.1 Å². The molecular formula is C5H11FN2O2. The van der Waals surface area contributed by atoms with Crippen molar-refractivity contribution in [3.05, 3.63) is 0 Å². The third-order valence-electron chi connectivity index (χ3n) is 0.855. The SMILES string of the molecule is CNC(=O)OC[C@H](F)CN. The van der Waals surface area contributed by atoms with Crippen molar-refractivity contribution in [1.29, 1.82) is 0 Å². The Kier molecular flexibility index (Phi) is 4.57. The first-order chi connectivity index (χ1) is 4.70. The molecular weight excluding hydrogens is 139 g/mol. The molecule has 60 valence electrons. The van der Waals surface area contributed by atoms with E-state index in [-0.39, 0.29) is 13.2 Å². The van der Waals surface area contributed by atoms with Crippen molar-refractivity contribution in [2.75, 3.05) is 20.2 Å². The summed E-state index contributed by atoms with van der Waals surface area (Å²) in [6.07, 6.45) is -1.91. The minimum atomic E-state index is -1.27. The lowest BCUT2D eigenvalue weighted by atomic mass is 10.4. The third kappa shape index (κ3) is 4.08. The molecule has 1 amide bonds. The summed E-state index contributed by atoms with van der Waals surface area (Å²) in [4.78, 5) is 10.3. The average molecular weight is 150 g/mol. The molecule has 0 aromatic rings. The first-order valence-corrected chi connectivity index (χ1v) is 2.89. The predicted molar refractivity (Wildman–Crippen MR) is 34.4 cm³/mol. The van der Waals surface area contributed by atoms with Crippen LogP contribution in [0.15, 0.2) is 0 Å². The van der Waals surface area contributed by atoms with Gasteiger partial charge in [0, 0.05) is 13.6 Å². The quantitative estimate of drug-likeness (QED) is 0.577. The Hall–Kier alpha value is -0.840. The highest BCUT2D eigenvalue weighted by Crippen LogP contribution is 1.88. The van der Waals surface area contributed by atoms with Gasteiger partial charge < -0.3 is 15.8 Å². The number of hydrogen-bond donors (Lipinski definition) is 2. The highest BCUT2D eigenvalue weighted by Gasteiger charge is 2.05. The van der Waals surface area contributed by atoms with Gasteiger partial charge in [0.05, 0.1) is 0 Å². The maximum Gasteiger partial charge on any atom is 0.406 e. The summed E-state index contributed by atoms with van der Waals surface area (Å²) in [5.74, 6) is 0. The van der Waals surface area contributed by atoms with Gasteiger partial charge in [-0.2, -0.15) is 0 Å². The fourth-order valence-electron chi connectivity index (χ4n) is 0.306. The topological polar surface area (TPSA) is 64.3 Å². The summed E-state index contributed by atoms with van der Waals surface area (Å²) in [6, 6.07) is 0. The highest BCUT2D eigenvalue weighted by molar-refractivity contribution is 5.66. The zero-order valence-electron chi connectivity index (χ0n) is 5.76. The number of rotatable bonds is 3. The van der Waals surface area contributed by atoms with Crippen molar-refractivity contribution < 1.29 is 13.9 Å². The Morgan fingerprint density at radius 3 is 2.90 bits per heavy atom. The van der Waals surface area contributed by atoms with Crippen LogP contribution in [0.2, 0.25) is 0 Å². The number of carbonyl (C=O) groups is 1.